The van der Waals surface area contributed by atoms with Crippen LogP contribution in [0.1, 0.15) is 20.3 Å². The highest BCUT2D eigenvalue weighted by Gasteiger charge is 2.31. The SMILES string of the molecule is CSCCC(C)N(C)C(=O)C(C)C1CNC1. The number of nitrogens with zero attached hydrogens (tertiary/aromatic N) is 1. The normalized spacial score (nSPS) is 20.0. The predicted molar refractivity (Wildman–Crippen MR) is 70.8 cm³/mol. The Balaban J connectivity index is 2.38. The van der Waals surface area contributed by atoms with Crippen LogP contribution >= 0.6 is 11.8 Å². The Morgan fingerprint density at radius 1 is 1.50 bits per heavy atom. The van der Waals surface area contributed by atoms with E-state index in [-0.39, 0.29) is 5.92 Å². The molecule has 0 bridgehead atoms. The molecule has 1 saturated heterocycles. The van der Waals surface area contributed by atoms with Crippen molar-refractivity contribution in [1.29, 1.82) is 0 Å². The van der Waals surface area contributed by atoms with E-state index < -0.39 is 0 Å². The molecule has 1 fully saturated rings. The lowest BCUT2D eigenvalue weighted by Crippen LogP contribution is -2.51. The van der Waals surface area contributed by atoms with Crippen molar-refractivity contribution in [2.45, 2.75) is 26.3 Å². The summed E-state index contributed by atoms with van der Waals surface area (Å²) in [5.74, 6) is 2.14. The van der Waals surface area contributed by atoms with Crippen molar-refractivity contribution in [3.8, 4) is 0 Å². The molecule has 2 atom stereocenters. The van der Waals surface area contributed by atoms with Gasteiger partial charge in [0.25, 0.3) is 0 Å². The largest absolute Gasteiger partial charge is 0.343 e. The molecule has 0 aromatic rings. The fourth-order valence-corrected chi connectivity index (χ4v) is 2.46. The van der Waals surface area contributed by atoms with E-state index in [1.807, 2.05) is 23.7 Å². The highest BCUT2D eigenvalue weighted by atomic mass is 32.2. The van der Waals surface area contributed by atoms with E-state index in [4.69, 9.17) is 0 Å². The fraction of sp³-hybridized carbons (Fsp3) is 0.917. The molecular formula is C12H24N2OS. The van der Waals surface area contributed by atoms with Gasteiger partial charge in [0.1, 0.15) is 0 Å². The van der Waals surface area contributed by atoms with Crippen molar-refractivity contribution in [1.82, 2.24) is 10.2 Å². The average Bonchev–Trinajstić information content (AvgIpc) is 2.21. The molecule has 1 aliphatic rings. The first-order chi connectivity index (χ1) is 7.57. The van der Waals surface area contributed by atoms with E-state index in [1.165, 1.54) is 0 Å². The zero-order chi connectivity index (χ0) is 12.1. The number of hydrogen-bond donors (Lipinski definition) is 1. The van der Waals surface area contributed by atoms with Crippen LogP contribution in [0.2, 0.25) is 0 Å². The molecule has 1 rings (SSSR count). The number of hydrogen-bond acceptors (Lipinski definition) is 3. The second-order valence-electron chi connectivity index (χ2n) is 4.79. The van der Waals surface area contributed by atoms with Crippen LogP contribution < -0.4 is 5.32 Å². The quantitative estimate of drug-likeness (QED) is 0.767. The van der Waals surface area contributed by atoms with Gasteiger partial charge in [-0.05, 0) is 44.4 Å². The molecule has 0 aromatic carbocycles. The topological polar surface area (TPSA) is 32.3 Å². The van der Waals surface area contributed by atoms with Crippen LogP contribution in [-0.2, 0) is 4.79 Å². The summed E-state index contributed by atoms with van der Waals surface area (Å²) in [6.45, 7) is 6.20. The van der Waals surface area contributed by atoms with Crippen LogP contribution in [0.25, 0.3) is 0 Å². The molecule has 1 N–H and O–H groups in total. The average molecular weight is 244 g/mol. The second-order valence-corrected chi connectivity index (χ2v) is 5.77. The van der Waals surface area contributed by atoms with Gasteiger partial charge in [-0.2, -0.15) is 11.8 Å². The van der Waals surface area contributed by atoms with E-state index in [2.05, 4.69) is 25.4 Å². The third-order valence-electron chi connectivity index (χ3n) is 3.66. The van der Waals surface area contributed by atoms with Gasteiger partial charge in [-0.25, -0.2) is 0 Å². The highest BCUT2D eigenvalue weighted by molar-refractivity contribution is 7.98. The Morgan fingerprint density at radius 3 is 2.56 bits per heavy atom. The van der Waals surface area contributed by atoms with E-state index in [9.17, 15) is 4.79 Å². The molecule has 0 radical (unpaired) electrons. The maximum absolute atomic E-state index is 12.2. The fourth-order valence-electron chi connectivity index (χ4n) is 1.89. The zero-order valence-electron chi connectivity index (χ0n) is 10.8. The first kappa shape index (κ1) is 13.8. The van der Waals surface area contributed by atoms with Gasteiger partial charge in [-0.3, -0.25) is 4.79 Å². The maximum Gasteiger partial charge on any atom is 0.225 e. The highest BCUT2D eigenvalue weighted by Crippen LogP contribution is 2.19. The molecule has 4 heteroatoms. The summed E-state index contributed by atoms with van der Waals surface area (Å²) < 4.78 is 0. The smallest absolute Gasteiger partial charge is 0.225 e. The number of carbonyl (C=O) groups is 1. The molecule has 3 nitrogen and oxygen atoms in total. The maximum atomic E-state index is 12.2. The number of amides is 1. The summed E-state index contributed by atoms with van der Waals surface area (Å²) in [6, 6.07) is 0.357. The van der Waals surface area contributed by atoms with Crippen molar-refractivity contribution >= 4 is 17.7 Å². The Hall–Kier alpha value is -0.220. The number of rotatable bonds is 6. The van der Waals surface area contributed by atoms with Gasteiger partial charge in [-0.1, -0.05) is 6.92 Å². The van der Waals surface area contributed by atoms with Crippen molar-refractivity contribution in [2.24, 2.45) is 11.8 Å². The standard InChI is InChI=1S/C12H24N2OS/c1-9(5-6-16-4)14(3)12(15)10(2)11-7-13-8-11/h9-11,13H,5-8H2,1-4H3. The van der Waals surface area contributed by atoms with Gasteiger partial charge in [0.05, 0.1) is 0 Å². The summed E-state index contributed by atoms with van der Waals surface area (Å²) in [5, 5.41) is 3.23. The molecule has 2 unspecified atom stereocenters. The van der Waals surface area contributed by atoms with Crippen LogP contribution in [0.5, 0.6) is 0 Å². The summed E-state index contributed by atoms with van der Waals surface area (Å²) >= 11 is 1.84. The molecule has 1 aliphatic heterocycles. The third kappa shape index (κ3) is 3.39. The van der Waals surface area contributed by atoms with Gasteiger partial charge < -0.3 is 10.2 Å². The number of carbonyl (C=O) groups excluding carboxylic acids is 1. The Bertz CT molecular complexity index is 231. The van der Waals surface area contributed by atoms with Crippen molar-refractivity contribution in [3.63, 3.8) is 0 Å². The first-order valence-corrected chi connectivity index (χ1v) is 7.43. The zero-order valence-corrected chi connectivity index (χ0v) is 11.6. The molecule has 0 spiro atoms. The lowest BCUT2D eigenvalue weighted by molar-refractivity contribution is -0.137. The monoisotopic (exact) mass is 244 g/mol. The minimum absolute atomic E-state index is 0.169. The summed E-state index contributed by atoms with van der Waals surface area (Å²) in [5.41, 5.74) is 0. The Morgan fingerprint density at radius 2 is 2.12 bits per heavy atom. The van der Waals surface area contributed by atoms with Gasteiger partial charge >= 0.3 is 0 Å². The predicted octanol–water partition coefficient (Wildman–Crippen LogP) is 1.44. The molecule has 1 amide bonds. The lowest BCUT2D eigenvalue weighted by Gasteiger charge is -2.35. The lowest BCUT2D eigenvalue weighted by atomic mass is 9.87. The summed E-state index contributed by atoms with van der Waals surface area (Å²) in [7, 11) is 1.94. The molecule has 1 heterocycles. The van der Waals surface area contributed by atoms with Crippen LogP contribution in [0.3, 0.4) is 0 Å². The molecule has 0 aliphatic carbocycles. The van der Waals surface area contributed by atoms with Gasteiger partial charge in [0.15, 0.2) is 0 Å². The van der Waals surface area contributed by atoms with E-state index in [1.54, 1.807) is 0 Å². The minimum atomic E-state index is 0.169. The van der Waals surface area contributed by atoms with Crippen LogP contribution in [-0.4, -0.2) is 49.0 Å². The van der Waals surface area contributed by atoms with Gasteiger partial charge in [0.2, 0.25) is 5.91 Å². The third-order valence-corrected chi connectivity index (χ3v) is 4.30. The van der Waals surface area contributed by atoms with Crippen molar-refractivity contribution in [2.75, 3.05) is 32.1 Å². The number of thioether (sulfide) groups is 1. The molecule has 16 heavy (non-hydrogen) atoms. The Kier molecular flexibility index (Phi) is 5.62. The molecular weight excluding hydrogens is 220 g/mol. The number of nitrogens with one attached hydrogen (secondary N) is 1. The summed E-state index contributed by atoms with van der Waals surface area (Å²) in [6.07, 6.45) is 3.19. The van der Waals surface area contributed by atoms with Gasteiger partial charge in [-0.15, -0.1) is 0 Å². The van der Waals surface area contributed by atoms with E-state index >= 15 is 0 Å². The molecule has 0 aromatic heterocycles. The second kappa shape index (κ2) is 6.50. The van der Waals surface area contributed by atoms with Crippen LogP contribution in [0, 0.1) is 11.8 Å². The van der Waals surface area contributed by atoms with Crippen molar-refractivity contribution < 1.29 is 4.79 Å². The van der Waals surface area contributed by atoms with Gasteiger partial charge in [0, 0.05) is 19.0 Å². The van der Waals surface area contributed by atoms with Crippen LogP contribution in [0.4, 0.5) is 0 Å². The minimum Gasteiger partial charge on any atom is -0.343 e. The van der Waals surface area contributed by atoms with E-state index in [0.29, 0.717) is 17.9 Å². The van der Waals surface area contributed by atoms with Crippen molar-refractivity contribution in [3.05, 3.63) is 0 Å². The Labute approximate surface area is 103 Å². The summed E-state index contributed by atoms with van der Waals surface area (Å²) in [4.78, 5) is 14.1. The van der Waals surface area contributed by atoms with Crippen LogP contribution in [0.15, 0.2) is 0 Å². The first-order valence-electron chi connectivity index (χ1n) is 6.04. The van der Waals surface area contributed by atoms with E-state index in [0.717, 1.165) is 25.3 Å². The molecule has 94 valence electrons. The molecule has 0 saturated carbocycles.